The van der Waals surface area contributed by atoms with E-state index < -0.39 is 22.2 Å². The minimum absolute atomic E-state index is 0.105. The third-order valence-corrected chi connectivity index (χ3v) is 5.22. The topological polar surface area (TPSA) is 129 Å². The Bertz CT molecular complexity index is 716. The van der Waals surface area contributed by atoms with Crippen LogP contribution in [0.25, 0.3) is 0 Å². The van der Waals surface area contributed by atoms with Gasteiger partial charge in [0.15, 0.2) is 15.9 Å². The molecule has 1 atom stereocenters. The molecule has 0 saturated heterocycles. The van der Waals surface area contributed by atoms with E-state index in [-0.39, 0.29) is 16.8 Å². The van der Waals surface area contributed by atoms with E-state index in [0.717, 1.165) is 16.3 Å². The van der Waals surface area contributed by atoms with Gasteiger partial charge in [-0.25, -0.2) is 10.1 Å². The average molecular weight is 331 g/mol. The molecule has 0 aliphatic carbocycles. The number of carbonyl (C=O) groups excluding carboxylic acids is 1. The second-order valence-corrected chi connectivity index (χ2v) is 7.04. The number of nitrogens with one attached hydrogen (secondary N) is 1. The number of nitrogen functional groups attached to an aromatic ring is 1. The lowest BCUT2D eigenvalue weighted by molar-refractivity contribution is -0.294. The van der Waals surface area contributed by atoms with Crippen molar-refractivity contribution in [3.05, 3.63) is 20.0 Å². The molecule has 0 aliphatic heterocycles. The maximum atomic E-state index is 11.0. The fraction of sp³-hybridized carbons (Fsp3) is 0.222. The van der Waals surface area contributed by atoms with Gasteiger partial charge in [0.1, 0.15) is 5.69 Å². The molecule has 0 fully saturated rings. The van der Waals surface area contributed by atoms with Crippen LogP contribution in [0.3, 0.4) is 0 Å². The molecule has 0 aliphatic rings. The molecule has 20 heavy (non-hydrogen) atoms. The van der Waals surface area contributed by atoms with Gasteiger partial charge < -0.3 is 20.5 Å². The minimum Gasteiger partial charge on any atom is -0.543 e. The number of aliphatic carboxylic acids is 1. The number of nitrogens with zero attached hydrogens (tertiary/aromatic N) is 3. The molecule has 2 aromatic heterocycles. The van der Waals surface area contributed by atoms with Crippen LogP contribution in [0, 0.1) is 10.9 Å². The number of thiazole rings is 1. The molecule has 11 heteroatoms. The summed E-state index contributed by atoms with van der Waals surface area (Å²) in [6.07, 6.45) is 0. The first-order valence-corrected chi connectivity index (χ1v) is 7.85. The molecule has 106 valence electrons. The largest absolute Gasteiger partial charge is 0.543 e. The van der Waals surface area contributed by atoms with Crippen LogP contribution in [-0.4, -0.2) is 26.9 Å². The van der Waals surface area contributed by atoms with Gasteiger partial charge in [-0.3, -0.25) is 0 Å². The van der Waals surface area contributed by atoms with Crippen molar-refractivity contribution in [3.8, 4) is 0 Å². The molecule has 3 N–H and O–H groups in total. The van der Waals surface area contributed by atoms with Crippen molar-refractivity contribution in [3.63, 3.8) is 0 Å². The maximum Gasteiger partial charge on any atom is 0.376 e. The smallest absolute Gasteiger partial charge is 0.376 e. The minimum atomic E-state index is -1.49. The van der Waals surface area contributed by atoms with E-state index >= 15 is 0 Å². The van der Waals surface area contributed by atoms with Crippen LogP contribution < -0.4 is 10.8 Å². The standard InChI is InChI=1S/C9H9N5O3S3/c1-4-12-13-9(18)20(4)3-17-14-6(7(15)16)5-2-19-8(10)11-5/h2H,3H2,1H3,(H3-,10,11,13,15,16,18)/b14-6-. The number of carboxylic acids is 1. The molecule has 2 rings (SSSR count). The Labute approximate surface area is 124 Å². The summed E-state index contributed by atoms with van der Waals surface area (Å²) in [6, 6.07) is 0. The Morgan fingerprint density at radius 1 is 1.75 bits per heavy atom. The highest BCUT2D eigenvalue weighted by atomic mass is 32.2. The normalized spacial score (nSPS) is 12.4. The van der Waals surface area contributed by atoms with Gasteiger partial charge in [-0.1, -0.05) is 5.16 Å². The first-order valence-electron chi connectivity index (χ1n) is 5.17. The lowest BCUT2D eigenvalue weighted by atomic mass is 10.3. The molecule has 2 aromatic rings. The summed E-state index contributed by atoms with van der Waals surface area (Å²) in [5.41, 5.74) is 5.14. The Balaban J connectivity index is 2.15. The number of rotatable bonds is 5. The van der Waals surface area contributed by atoms with Crippen molar-refractivity contribution in [2.24, 2.45) is 5.16 Å². The monoisotopic (exact) mass is 331 g/mol. The summed E-state index contributed by atoms with van der Waals surface area (Å²) < 4.78 is 0.533. The van der Waals surface area contributed by atoms with E-state index in [1.54, 1.807) is 6.92 Å². The first-order chi connectivity index (χ1) is 9.49. The number of H-pyrrole nitrogens is 1. The number of aryl methyl sites for hydroxylation is 1. The molecule has 0 aromatic carbocycles. The summed E-state index contributed by atoms with van der Waals surface area (Å²) >= 11 is 6.15. The summed E-state index contributed by atoms with van der Waals surface area (Å²) in [5.74, 6) is -1.38. The van der Waals surface area contributed by atoms with Gasteiger partial charge >= 0.3 is 3.95 Å². The van der Waals surface area contributed by atoms with E-state index in [4.69, 9.17) is 22.8 Å². The predicted octanol–water partition coefficient (Wildman–Crippen LogP) is 0.364. The van der Waals surface area contributed by atoms with E-state index in [2.05, 4.69) is 20.3 Å². The van der Waals surface area contributed by atoms with E-state index in [9.17, 15) is 9.90 Å². The van der Waals surface area contributed by atoms with Crippen LogP contribution in [0.5, 0.6) is 0 Å². The number of hydrogen-bond donors (Lipinski definition) is 2. The van der Waals surface area contributed by atoms with Crippen LogP contribution >= 0.6 is 34.0 Å². The third kappa shape index (κ3) is 3.18. The summed E-state index contributed by atoms with van der Waals surface area (Å²) in [5, 5.41) is 23.6. The number of anilines is 1. The van der Waals surface area contributed by atoms with Gasteiger partial charge in [-0.05, 0) is 0 Å². The zero-order chi connectivity index (χ0) is 14.7. The molecule has 0 spiro atoms. The summed E-state index contributed by atoms with van der Waals surface area (Å²) in [6.45, 7) is 1.79. The summed E-state index contributed by atoms with van der Waals surface area (Å²) in [4.78, 5) is 19.9. The number of aromatic amines is 1. The van der Waals surface area contributed by atoms with Crippen molar-refractivity contribution >= 4 is 50.8 Å². The molecular weight excluding hydrogens is 322 g/mol. The Morgan fingerprint density at radius 2 is 2.50 bits per heavy atom. The van der Waals surface area contributed by atoms with Crippen molar-refractivity contribution in [1.29, 1.82) is 0 Å². The van der Waals surface area contributed by atoms with E-state index in [1.807, 2.05) is 0 Å². The zero-order valence-electron chi connectivity index (χ0n) is 10.2. The lowest BCUT2D eigenvalue weighted by Crippen LogP contribution is -2.32. The molecule has 8 nitrogen and oxygen atoms in total. The molecule has 0 amide bonds. The second-order valence-electron chi connectivity index (χ2n) is 3.47. The van der Waals surface area contributed by atoms with Crippen LogP contribution in [0.15, 0.2) is 10.5 Å². The van der Waals surface area contributed by atoms with Gasteiger partial charge in [-0.2, -0.15) is 0 Å². The highest BCUT2D eigenvalue weighted by Crippen LogP contribution is 2.23. The fourth-order valence-electron chi connectivity index (χ4n) is 1.24. The van der Waals surface area contributed by atoms with Crippen LogP contribution in [0.1, 0.15) is 10.7 Å². The van der Waals surface area contributed by atoms with Gasteiger partial charge in [0.05, 0.1) is 5.97 Å². The number of nitrogens with two attached hydrogens (primary N) is 1. The van der Waals surface area contributed by atoms with Crippen LogP contribution in [-0.2, 0) is 15.6 Å². The Hall–Kier alpha value is -1.85. The van der Waals surface area contributed by atoms with Crippen molar-refractivity contribution in [1.82, 2.24) is 15.2 Å². The SMILES string of the molecule is Cc1n[nH]c(=S)[s+]1CO/N=C(\C(=O)[O-])c1csc(N)n1. The van der Waals surface area contributed by atoms with Crippen LogP contribution in [0.4, 0.5) is 5.13 Å². The molecule has 2 heterocycles. The molecule has 1 unspecified atom stereocenters. The number of carboxylic acid groups (broad SMARTS) is 1. The Kier molecular flexibility index (Phi) is 4.42. The molecular formula is C9H9N5O3S3. The van der Waals surface area contributed by atoms with E-state index in [0.29, 0.717) is 3.95 Å². The van der Waals surface area contributed by atoms with Crippen LogP contribution in [0.2, 0.25) is 0 Å². The highest BCUT2D eigenvalue weighted by molar-refractivity contribution is 7.74. The van der Waals surface area contributed by atoms with Crippen molar-refractivity contribution in [2.75, 3.05) is 5.73 Å². The third-order valence-electron chi connectivity index (χ3n) is 2.17. The van der Waals surface area contributed by atoms with Crippen molar-refractivity contribution < 1.29 is 14.7 Å². The van der Waals surface area contributed by atoms with Gasteiger partial charge in [0.2, 0.25) is 5.94 Å². The lowest BCUT2D eigenvalue weighted by Gasteiger charge is -2.03. The molecule has 0 saturated carbocycles. The highest BCUT2D eigenvalue weighted by Gasteiger charge is 2.14. The number of aromatic nitrogens is 3. The number of oxime groups is 1. The molecule has 0 radical (unpaired) electrons. The Morgan fingerprint density at radius 3 is 3.00 bits per heavy atom. The van der Waals surface area contributed by atoms with Gasteiger partial charge in [-0.15, -0.1) is 16.4 Å². The first kappa shape index (κ1) is 14.6. The zero-order valence-corrected chi connectivity index (χ0v) is 12.6. The maximum absolute atomic E-state index is 11.0. The predicted molar refractivity (Wildman–Crippen MR) is 75.8 cm³/mol. The summed E-state index contributed by atoms with van der Waals surface area (Å²) in [7, 11) is -0.512. The van der Waals surface area contributed by atoms with E-state index in [1.165, 1.54) is 5.38 Å². The van der Waals surface area contributed by atoms with Gasteiger partial charge in [0, 0.05) is 22.8 Å². The number of carbonyl (C=O) groups is 1. The number of hydrogen-bond acceptors (Lipinski definition) is 9. The average Bonchev–Trinajstić information content (AvgIpc) is 2.93. The quantitative estimate of drug-likeness (QED) is 0.350. The molecule has 0 bridgehead atoms. The second kappa shape index (κ2) is 6.07. The fourth-order valence-corrected chi connectivity index (χ4v) is 3.35. The van der Waals surface area contributed by atoms with Crippen molar-refractivity contribution in [2.45, 2.75) is 12.9 Å². The van der Waals surface area contributed by atoms with Gasteiger partial charge in [0.25, 0.3) is 12.2 Å².